The minimum Gasteiger partial charge on any atom is -0.406 e. The van der Waals surface area contributed by atoms with Gasteiger partial charge in [-0.3, -0.25) is 4.79 Å². The van der Waals surface area contributed by atoms with Crippen LogP contribution in [0.1, 0.15) is 9.67 Å². The fourth-order valence-electron chi connectivity index (χ4n) is 1.47. The molecule has 0 unspecified atom stereocenters. The largest absolute Gasteiger partial charge is 0.573 e. The Labute approximate surface area is 110 Å². The molecule has 100 valence electrons. The number of nitrogens with two attached hydrogens (primary N) is 1. The molecule has 0 saturated carbocycles. The standard InChI is InChI=1S/C12H8F3NO2S/c13-12(14,15)18-8-3-1-2-7(6-8)9-4-5-10(19-9)11(16)17/h1-6H,(H2,16,17). The summed E-state index contributed by atoms with van der Waals surface area (Å²) >= 11 is 1.11. The molecule has 0 aliphatic carbocycles. The molecular formula is C12H8F3NO2S. The van der Waals surface area contributed by atoms with Crippen LogP contribution in [0.4, 0.5) is 13.2 Å². The summed E-state index contributed by atoms with van der Waals surface area (Å²) in [5, 5.41) is 0. The molecule has 19 heavy (non-hydrogen) atoms. The normalized spacial score (nSPS) is 11.3. The van der Waals surface area contributed by atoms with Gasteiger partial charge in [0.15, 0.2) is 0 Å². The molecule has 3 nitrogen and oxygen atoms in total. The van der Waals surface area contributed by atoms with Crippen LogP contribution in [-0.4, -0.2) is 12.3 Å². The summed E-state index contributed by atoms with van der Waals surface area (Å²) in [7, 11) is 0. The van der Waals surface area contributed by atoms with Crippen molar-refractivity contribution in [2.75, 3.05) is 0 Å². The molecule has 0 aliphatic rings. The molecule has 2 N–H and O–H groups in total. The lowest BCUT2D eigenvalue weighted by Crippen LogP contribution is -2.17. The zero-order valence-corrected chi connectivity index (χ0v) is 10.2. The lowest BCUT2D eigenvalue weighted by molar-refractivity contribution is -0.274. The van der Waals surface area contributed by atoms with Crippen LogP contribution in [0.25, 0.3) is 10.4 Å². The second kappa shape index (κ2) is 4.93. The first-order valence-electron chi connectivity index (χ1n) is 5.11. The number of amides is 1. The summed E-state index contributed by atoms with van der Waals surface area (Å²) in [6.45, 7) is 0. The van der Waals surface area contributed by atoms with Crippen molar-refractivity contribution in [2.24, 2.45) is 5.73 Å². The number of carbonyl (C=O) groups excluding carboxylic acids is 1. The molecule has 0 radical (unpaired) electrons. The SMILES string of the molecule is NC(=O)c1ccc(-c2cccc(OC(F)(F)F)c2)s1. The highest BCUT2D eigenvalue weighted by Gasteiger charge is 2.31. The van der Waals surface area contributed by atoms with E-state index >= 15 is 0 Å². The number of benzene rings is 1. The van der Waals surface area contributed by atoms with Gasteiger partial charge in [0, 0.05) is 4.88 Å². The van der Waals surface area contributed by atoms with Gasteiger partial charge in [-0.2, -0.15) is 0 Å². The Hall–Kier alpha value is -2.02. The predicted octanol–water partition coefficient (Wildman–Crippen LogP) is 3.41. The molecule has 0 saturated heterocycles. The monoisotopic (exact) mass is 287 g/mol. The third-order valence-corrected chi connectivity index (χ3v) is 3.35. The zero-order chi connectivity index (χ0) is 14.0. The van der Waals surface area contributed by atoms with Crippen molar-refractivity contribution < 1.29 is 22.7 Å². The van der Waals surface area contributed by atoms with Crippen molar-refractivity contribution in [3.8, 4) is 16.2 Å². The Bertz CT molecular complexity index is 607. The molecule has 1 aromatic heterocycles. The van der Waals surface area contributed by atoms with Crippen molar-refractivity contribution in [3.05, 3.63) is 41.3 Å². The van der Waals surface area contributed by atoms with Gasteiger partial charge in [0.2, 0.25) is 0 Å². The number of hydrogen-bond acceptors (Lipinski definition) is 3. The summed E-state index contributed by atoms with van der Waals surface area (Å²) in [6.07, 6.45) is -4.73. The molecule has 1 amide bonds. The zero-order valence-electron chi connectivity index (χ0n) is 9.40. The number of primary amides is 1. The van der Waals surface area contributed by atoms with Crippen LogP contribution < -0.4 is 10.5 Å². The first-order chi connectivity index (χ1) is 8.85. The molecule has 2 rings (SSSR count). The van der Waals surface area contributed by atoms with Crippen LogP contribution >= 0.6 is 11.3 Å². The summed E-state index contributed by atoms with van der Waals surface area (Å²) < 4.78 is 40.1. The highest BCUT2D eigenvalue weighted by Crippen LogP contribution is 2.31. The number of halogens is 3. The molecule has 2 aromatic rings. The Morgan fingerprint density at radius 2 is 1.95 bits per heavy atom. The van der Waals surface area contributed by atoms with Crippen LogP contribution in [0.3, 0.4) is 0 Å². The maximum Gasteiger partial charge on any atom is 0.573 e. The number of rotatable bonds is 3. The quantitative estimate of drug-likeness (QED) is 0.940. The highest BCUT2D eigenvalue weighted by molar-refractivity contribution is 7.17. The fourth-order valence-corrected chi connectivity index (χ4v) is 2.33. The van der Waals surface area contributed by atoms with E-state index in [1.807, 2.05) is 0 Å². The summed E-state index contributed by atoms with van der Waals surface area (Å²) in [5.74, 6) is -0.877. The summed E-state index contributed by atoms with van der Waals surface area (Å²) in [6, 6.07) is 8.68. The van der Waals surface area contributed by atoms with E-state index in [1.54, 1.807) is 12.1 Å². The average molecular weight is 287 g/mol. The van der Waals surface area contributed by atoms with E-state index in [9.17, 15) is 18.0 Å². The van der Waals surface area contributed by atoms with Gasteiger partial charge in [0.1, 0.15) is 5.75 Å². The van der Waals surface area contributed by atoms with E-state index in [4.69, 9.17) is 5.73 Å². The van der Waals surface area contributed by atoms with Crippen molar-refractivity contribution in [2.45, 2.75) is 6.36 Å². The Kier molecular flexibility index (Phi) is 3.48. The first kappa shape index (κ1) is 13.4. The molecule has 0 fully saturated rings. The number of ether oxygens (including phenoxy) is 1. The van der Waals surface area contributed by atoms with Crippen LogP contribution in [0.15, 0.2) is 36.4 Å². The van der Waals surface area contributed by atoms with Crippen molar-refractivity contribution in [3.63, 3.8) is 0 Å². The molecular weight excluding hydrogens is 279 g/mol. The van der Waals surface area contributed by atoms with Crippen LogP contribution in [0.5, 0.6) is 5.75 Å². The van der Waals surface area contributed by atoms with Gasteiger partial charge in [-0.25, -0.2) is 0 Å². The van der Waals surface area contributed by atoms with Gasteiger partial charge in [0.05, 0.1) is 4.88 Å². The Morgan fingerprint density at radius 3 is 2.53 bits per heavy atom. The lowest BCUT2D eigenvalue weighted by Gasteiger charge is -2.09. The van der Waals surface area contributed by atoms with Gasteiger partial charge in [0.25, 0.3) is 5.91 Å². The third-order valence-electron chi connectivity index (χ3n) is 2.20. The van der Waals surface area contributed by atoms with E-state index in [1.165, 1.54) is 24.3 Å². The van der Waals surface area contributed by atoms with Gasteiger partial charge < -0.3 is 10.5 Å². The maximum absolute atomic E-state index is 12.1. The molecule has 0 spiro atoms. The molecule has 0 atom stereocenters. The minimum atomic E-state index is -4.73. The average Bonchev–Trinajstić information content (AvgIpc) is 2.76. The van der Waals surface area contributed by atoms with Crippen molar-refractivity contribution >= 4 is 17.2 Å². The number of hydrogen-bond donors (Lipinski definition) is 1. The second-order valence-electron chi connectivity index (χ2n) is 3.60. The van der Waals surface area contributed by atoms with E-state index in [0.29, 0.717) is 15.3 Å². The Balaban J connectivity index is 2.29. The van der Waals surface area contributed by atoms with E-state index in [0.717, 1.165) is 11.3 Å². The van der Waals surface area contributed by atoms with Crippen LogP contribution in [0, 0.1) is 0 Å². The van der Waals surface area contributed by atoms with E-state index < -0.39 is 12.3 Å². The third kappa shape index (κ3) is 3.47. The van der Waals surface area contributed by atoms with Gasteiger partial charge in [-0.15, -0.1) is 24.5 Å². The summed E-state index contributed by atoms with van der Waals surface area (Å²) in [4.78, 5) is 11.9. The van der Waals surface area contributed by atoms with Gasteiger partial charge >= 0.3 is 6.36 Å². The number of thiophene rings is 1. The second-order valence-corrected chi connectivity index (χ2v) is 4.69. The lowest BCUT2D eigenvalue weighted by atomic mass is 10.2. The molecule has 0 bridgehead atoms. The minimum absolute atomic E-state index is 0.306. The van der Waals surface area contributed by atoms with E-state index in [2.05, 4.69) is 4.74 Å². The fraction of sp³-hybridized carbons (Fsp3) is 0.0833. The van der Waals surface area contributed by atoms with Crippen LogP contribution in [-0.2, 0) is 0 Å². The van der Waals surface area contributed by atoms with Crippen LogP contribution in [0.2, 0.25) is 0 Å². The van der Waals surface area contributed by atoms with Crippen molar-refractivity contribution in [1.29, 1.82) is 0 Å². The van der Waals surface area contributed by atoms with Gasteiger partial charge in [-0.05, 0) is 29.8 Å². The predicted molar refractivity (Wildman–Crippen MR) is 65.0 cm³/mol. The molecule has 1 heterocycles. The number of alkyl halides is 3. The van der Waals surface area contributed by atoms with E-state index in [-0.39, 0.29) is 5.75 Å². The molecule has 0 aliphatic heterocycles. The van der Waals surface area contributed by atoms with Gasteiger partial charge in [-0.1, -0.05) is 12.1 Å². The smallest absolute Gasteiger partial charge is 0.406 e. The maximum atomic E-state index is 12.1. The summed E-state index contributed by atoms with van der Waals surface area (Å²) in [5.41, 5.74) is 5.64. The Morgan fingerprint density at radius 1 is 1.21 bits per heavy atom. The number of carbonyl (C=O) groups is 1. The topological polar surface area (TPSA) is 52.3 Å². The first-order valence-corrected chi connectivity index (χ1v) is 5.92. The molecule has 7 heteroatoms. The highest BCUT2D eigenvalue weighted by atomic mass is 32.1. The molecule has 1 aromatic carbocycles. The van der Waals surface area contributed by atoms with Crippen molar-refractivity contribution in [1.82, 2.24) is 0 Å².